The molecule has 0 aliphatic carbocycles. The number of hydrogen-bond donors (Lipinski definition) is 1. The highest BCUT2D eigenvalue weighted by atomic mass is 32.1. The molecule has 1 unspecified atom stereocenters. The molecular formula is C20H19N3OS. The van der Waals surface area contributed by atoms with Gasteiger partial charge in [0.2, 0.25) is 0 Å². The van der Waals surface area contributed by atoms with Crippen molar-refractivity contribution in [2.24, 2.45) is 0 Å². The van der Waals surface area contributed by atoms with Crippen LogP contribution in [0.4, 0.5) is 5.13 Å². The minimum absolute atomic E-state index is 0.00870. The third kappa shape index (κ3) is 3.56. The molecule has 4 nitrogen and oxygen atoms in total. The van der Waals surface area contributed by atoms with E-state index in [9.17, 15) is 4.79 Å². The number of aromatic nitrogens is 1. The van der Waals surface area contributed by atoms with Gasteiger partial charge in [-0.2, -0.15) is 0 Å². The van der Waals surface area contributed by atoms with Crippen LogP contribution in [0.1, 0.15) is 16.8 Å². The second-order valence-corrected chi connectivity index (χ2v) is 7.04. The first-order valence-corrected chi connectivity index (χ1v) is 9.28. The number of nitrogens with one attached hydrogen (secondary N) is 1. The Hall–Kier alpha value is -2.66. The van der Waals surface area contributed by atoms with Gasteiger partial charge in [-0.3, -0.25) is 4.79 Å². The van der Waals surface area contributed by atoms with Crippen LogP contribution in [0.3, 0.4) is 0 Å². The summed E-state index contributed by atoms with van der Waals surface area (Å²) < 4.78 is 0. The molecule has 0 bridgehead atoms. The van der Waals surface area contributed by atoms with Crippen LogP contribution in [-0.4, -0.2) is 30.0 Å². The zero-order valence-corrected chi connectivity index (χ0v) is 14.6. The average Bonchev–Trinajstić information content (AvgIpc) is 3.34. The van der Waals surface area contributed by atoms with Gasteiger partial charge < -0.3 is 10.2 Å². The largest absolute Gasteiger partial charge is 0.347 e. The summed E-state index contributed by atoms with van der Waals surface area (Å²) in [6.07, 6.45) is 2.77. The van der Waals surface area contributed by atoms with E-state index in [1.807, 2.05) is 54.0 Å². The molecule has 5 heteroatoms. The summed E-state index contributed by atoms with van der Waals surface area (Å²) in [6, 6.07) is 18.1. The number of benzene rings is 2. The average molecular weight is 349 g/mol. The van der Waals surface area contributed by atoms with Crippen LogP contribution in [0, 0.1) is 0 Å². The maximum atomic E-state index is 12.5. The third-order valence-electron chi connectivity index (χ3n) is 4.47. The van der Waals surface area contributed by atoms with E-state index in [0.717, 1.165) is 35.8 Å². The van der Waals surface area contributed by atoms with E-state index in [-0.39, 0.29) is 11.9 Å². The van der Waals surface area contributed by atoms with Gasteiger partial charge in [0.15, 0.2) is 5.13 Å². The van der Waals surface area contributed by atoms with Crippen molar-refractivity contribution in [3.8, 4) is 11.1 Å². The quantitative estimate of drug-likeness (QED) is 0.779. The second-order valence-electron chi connectivity index (χ2n) is 6.16. The van der Waals surface area contributed by atoms with Gasteiger partial charge in [-0.25, -0.2) is 4.98 Å². The Morgan fingerprint density at radius 3 is 2.56 bits per heavy atom. The lowest BCUT2D eigenvalue weighted by Crippen LogP contribution is -2.37. The summed E-state index contributed by atoms with van der Waals surface area (Å²) in [5, 5.41) is 6.16. The zero-order valence-electron chi connectivity index (χ0n) is 13.8. The summed E-state index contributed by atoms with van der Waals surface area (Å²) in [5.41, 5.74) is 2.98. The molecule has 3 aromatic rings. The van der Waals surface area contributed by atoms with Crippen LogP contribution in [-0.2, 0) is 0 Å². The summed E-state index contributed by atoms with van der Waals surface area (Å²) >= 11 is 1.64. The van der Waals surface area contributed by atoms with Gasteiger partial charge in [-0.15, -0.1) is 11.3 Å². The fourth-order valence-electron chi connectivity index (χ4n) is 3.14. The Morgan fingerprint density at radius 1 is 1.08 bits per heavy atom. The van der Waals surface area contributed by atoms with Crippen LogP contribution in [0.2, 0.25) is 0 Å². The number of carbonyl (C=O) groups is 1. The van der Waals surface area contributed by atoms with E-state index in [4.69, 9.17) is 0 Å². The maximum absolute atomic E-state index is 12.5. The van der Waals surface area contributed by atoms with E-state index in [1.165, 1.54) is 0 Å². The first kappa shape index (κ1) is 15.8. The Balaban J connectivity index is 1.38. The van der Waals surface area contributed by atoms with Crippen molar-refractivity contribution >= 4 is 22.4 Å². The highest BCUT2D eigenvalue weighted by Crippen LogP contribution is 2.23. The number of carbonyl (C=O) groups excluding carboxylic acids is 1. The lowest BCUT2D eigenvalue weighted by atomic mass is 10.0. The number of nitrogens with zero attached hydrogens (tertiary/aromatic N) is 2. The monoisotopic (exact) mass is 349 g/mol. The molecule has 4 rings (SSSR count). The van der Waals surface area contributed by atoms with E-state index >= 15 is 0 Å². The molecule has 1 aliphatic rings. The SMILES string of the molecule is O=C(NC1CCN(c2nccs2)C1)c1ccc(-c2ccccc2)cc1. The van der Waals surface area contributed by atoms with Gasteiger partial charge in [0.1, 0.15) is 0 Å². The highest BCUT2D eigenvalue weighted by Gasteiger charge is 2.25. The molecule has 1 saturated heterocycles. The molecule has 1 N–H and O–H groups in total. The maximum Gasteiger partial charge on any atom is 0.251 e. The molecule has 126 valence electrons. The number of anilines is 1. The highest BCUT2D eigenvalue weighted by molar-refractivity contribution is 7.13. The molecule has 0 spiro atoms. The Morgan fingerprint density at radius 2 is 1.84 bits per heavy atom. The lowest BCUT2D eigenvalue weighted by molar-refractivity contribution is 0.0940. The first-order chi connectivity index (χ1) is 12.3. The molecule has 2 aromatic carbocycles. The first-order valence-electron chi connectivity index (χ1n) is 8.40. The van der Waals surface area contributed by atoms with Gasteiger partial charge in [0, 0.05) is 36.3 Å². The summed E-state index contributed by atoms with van der Waals surface area (Å²) in [7, 11) is 0. The normalized spacial score (nSPS) is 16.8. The Kier molecular flexibility index (Phi) is 4.48. The molecule has 1 atom stereocenters. The fourth-order valence-corrected chi connectivity index (χ4v) is 3.82. The van der Waals surface area contributed by atoms with Gasteiger partial charge in [-0.1, -0.05) is 42.5 Å². The van der Waals surface area contributed by atoms with Crippen LogP contribution in [0.5, 0.6) is 0 Å². The standard InChI is InChI=1S/C20H19N3OS/c24-19(22-18-10-12-23(14-18)20-21-11-13-25-20)17-8-6-16(7-9-17)15-4-2-1-3-5-15/h1-9,11,13,18H,10,12,14H2,(H,22,24). The van der Waals surface area contributed by atoms with Gasteiger partial charge >= 0.3 is 0 Å². The molecule has 1 aromatic heterocycles. The fraction of sp³-hybridized carbons (Fsp3) is 0.200. The Labute approximate surface area is 151 Å². The molecule has 1 fully saturated rings. The van der Waals surface area contributed by atoms with Crippen molar-refractivity contribution in [1.29, 1.82) is 0 Å². The molecule has 1 aliphatic heterocycles. The summed E-state index contributed by atoms with van der Waals surface area (Å²) in [4.78, 5) is 19.1. The van der Waals surface area contributed by atoms with Crippen molar-refractivity contribution in [2.75, 3.05) is 18.0 Å². The molecule has 25 heavy (non-hydrogen) atoms. The molecule has 0 saturated carbocycles. The number of amides is 1. The van der Waals surface area contributed by atoms with Gasteiger partial charge in [-0.05, 0) is 29.7 Å². The van der Waals surface area contributed by atoms with Crippen LogP contribution >= 0.6 is 11.3 Å². The van der Waals surface area contributed by atoms with Crippen LogP contribution < -0.4 is 10.2 Å². The number of thiazole rings is 1. The van der Waals surface area contributed by atoms with Crippen molar-refractivity contribution in [3.63, 3.8) is 0 Å². The van der Waals surface area contributed by atoms with Crippen LogP contribution in [0.15, 0.2) is 66.2 Å². The summed E-state index contributed by atoms with van der Waals surface area (Å²) in [5.74, 6) is -0.00870. The molecule has 1 amide bonds. The third-order valence-corrected chi connectivity index (χ3v) is 5.30. The van der Waals surface area contributed by atoms with E-state index in [0.29, 0.717) is 5.56 Å². The molecule has 0 radical (unpaired) electrons. The van der Waals surface area contributed by atoms with Crippen molar-refractivity contribution in [3.05, 3.63) is 71.7 Å². The second kappa shape index (κ2) is 7.07. The number of rotatable bonds is 4. The predicted molar refractivity (Wildman–Crippen MR) is 102 cm³/mol. The van der Waals surface area contributed by atoms with E-state index in [1.54, 1.807) is 11.3 Å². The molecule has 2 heterocycles. The van der Waals surface area contributed by atoms with Gasteiger partial charge in [0.25, 0.3) is 5.91 Å². The minimum atomic E-state index is -0.00870. The van der Waals surface area contributed by atoms with Gasteiger partial charge in [0.05, 0.1) is 0 Å². The number of hydrogen-bond acceptors (Lipinski definition) is 4. The summed E-state index contributed by atoms with van der Waals surface area (Å²) in [6.45, 7) is 1.76. The topological polar surface area (TPSA) is 45.2 Å². The van der Waals surface area contributed by atoms with Crippen molar-refractivity contribution < 1.29 is 4.79 Å². The van der Waals surface area contributed by atoms with Crippen LogP contribution in [0.25, 0.3) is 11.1 Å². The minimum Gasteiger partial charge on any atom is -0.347 e. The van der Waals surface area contributed by atoms with Crippen molar-refractivity contribution in [2.45, 2.75) is 12.5 Å². The zero-order chi connectivity index (χ0) is 17.1. The smallest absolute Gasteiger partial charge is 0.251 e. The Bertz CT molecular complexity index is 831. The molecular weight excluding hydrogens is 330 g/mol. The van der Waals surface area contributed by atoms with E-state index in [2.05, 4.69) is 27.3 Å². The predicted octanol–water partition coefficient (Wildman–Crippen LogP) is 3.82. The van der Waals surface area contributed by atoms with E-state index < -0.39 is 0 Å². The van der Waals surface area contributed by atoms with Crippen molar-refractivity contribution in [1.82, 2.24) is 10.3 Å². The lowest BCUT2D eigenvalue weighted by Gasteiger charge is -2.16.